The van der Waals surface area contributed by atoms with Crippen molar-refractivity contribution in [3.63, 3.8) is 0 Å². The molecule has 0 radical (unpaired) electrons. The number of carbonyl (C=O) groups is 1. The van der Waals surface area contributed by atoms with Gasteiger partial charge in [0.1, 0.15) is 6.61 Å². The average Bonchev–Trinajstić information content (AvgIpc) is 2.36. The summed E-state index contributed by atoms with van der Waals surface area (Å²) in [7, 11) is 0. The molecule has 0 aromatic rings. The maximum absolute atomic E-state index is 11.4. The van der Waals surface area contributed by atoms with Gasteiger partial charge in [0.05, 0.1) is 25.4 Å². The van der Waals surface area contributed by atoms with Crippen LogP contribution in [0.25, 0.3) is 0 Å². The molecule has 0 unspecified atom stereocenters. The van der Waals surface area contributed by atoms with Gasteiger partial charge >= 0.3 is 0 Å². The highest BCUT2D eigenvalue weighted by molar-refractivity contribution is 5.79. The Morgan fingerprint density at radius 2 is 1.38 bits per heavy atom. The third kappa shape index (κ3) is 13.0. The quantitative estimate of drug-likeness (QED) is 0.489. The largest absolute Gasteiger partial charge is 0.376 e. The maximum atomic E-state index is 11.4. The smallest absolute Gasteiger partial charge is 0.158 e. The lowest BCUT2D eigenvalue weighted by Crippen LogP contribution is -2.28. The molecule has 0 aliphatic carbocycles. The van der Waals surface area contributed by atoms with Crippen LogP contribution in [0, 0.1) is 11.8 Å². The summed E-state index contributed by atoms with van der Waals surface area (Å²) in [5.41, 5.74) is 0. The molecule has 0 aromatic heterocycles. The van der Waals surface area contributed by atoms with Crippen LogP contribution in [-0.4, -0.2) is 44.4 Å². The first kappa shape index (κ1) is 20.6. The Balaban J connectivity index is 3.56. The molecule has 0 aromatic carbocycles. The Morgan fingerprint density at radius 3 is 1.90 bits per heavy atom. The molecule has 0 fully saturated rings. The topological polar surface area (TPSA) is 44.8 Å². The summed E-state index contributed by atoms with van der Waals surface area (Å²) in [5, 5.41) is 0. The van der Waals surface area contributed by atoms with Crippen LogP contribution in [-0.2, 0) is 19.0 Å². The van der Waals surface area contributed by atoms with Gasteiger partial charge in [-0.15, -0.1) is 0 Å². The van der Waals surface area contributed by atoms with Crippen LogP contribution in [0.4, 0.5) is 0 Å². The molecular formula is C17H34O4. The van der Waals surface area contributed by atoms with Crippen LogP contribution in [0.1, 0.15) is 54.4 Å². The van der Waals surface area contributed by atoms with E-state index in [0.29, 0.717) is 31.5 Å². The molecular weight excluding hydrogens is 268 g/mol. The summed E-state index contributed by atoms with van der Waals surface area (Å²) < 4.78 is 16.7. The molecule has 2 atom stereocenters. The highest BCUT2D eigenvalue weighted by Gasteiger charge is 2.13. The second kappa shape index (κ2) is 12.1. The van der Waals surface area contributed by atoms with Gasteiger partial charge in [-0.3, -0.25) is 4.79 Å². The lowest BCUT2D eigenvalue weighted by Gasteiger charge is -2.21. The molecule has 0 N–H and O–H groups in total. The van der Waals surface area contributed by atoms with Crippen LogP contribution in [0.3, 0.4) is 0 Å². The van der Waals surface area contributed by atoms with E-state index in [9.17, 15) is 4.79 Å². The molecule has 0 saturated heterocycles. The van der Waals surface area contributed by atoms with Crippen molar-refractivity contribution >= 4 is 5.78 Å². The van der Waals surface area contributed by atoms with Crippen molar-refractivity contribution in [1.29, 1.82) is 0 Å². The number of Topliss-reactive ketones (excluding diaryl/α,β-unsaturated/α-hetero) is 1. The molecule has 0 heterocycles. The van der Waals surface area contributed by atoms with Crippen LogP contribution >= 0.6 is 0 Å². The van der Waals surface area contributed by atoms with Crippen molar-refractivity contribution in [3.8, 4) is 0 Å². The lowest BCUT2D eigenvalue weighted by molar-refractivity contribution is -0.125. The average molecular weight is 302 g/mol. The fourth-order valence-electron chi connectivity index (χ4n) is 1.75. The molecule has 0 bridgehead atoms. The number of ether oxygens (including phenoxy) is 3. The van der Waals surface area contributed by atoms with Crippen molar-refractivity contribution in [3.05, 3.63) is 0 Å². The molecule has 0 spiro atoms. The molecule has 0 amide bonds. The predicted octanol–water partition coefficient (Wildman–Crippen LogP) is 3.47. The van der Waals surface area contributed by atoms with Gasteiger partial charge in [0.2, 0.25) is 0 Å². The SMILES string of the molecule is CC(C)CCO[C@@H](C)[C@H](C)OCCOCC(=O)CC(C)C. The first-order valence-corrected chi connectivity index (χ1v) is 8.15. The highest BCUT2D eigenvalue weighted by Crippen LogP contribution is 2.06. The van der Waals surface area contributed by atoms with E-state index in [4.69, 9.17) is 14.2 Å². The minimum absolute atomic E-state index is 0.0344. The van der Waals surface area contributed by atoms with Crippen molar-refractivity contribution in [1.82, 2.24) is 0 Å². The molecule has 4 heteroatoms. The molecule has 21 heavy (non-hydrogen) atoms. The lowest BCUT2D eigenvalue weighted by atomic mass is 10.1. The maximum Gasteiger partial charge on any atom is 0.158 e. The second-order valence-electron chi connectivity index (χ2n) is 6.52. The third-order valence-electron chi connectivity index (χ3n) is 3.24. The second-order valence-corrected chi connectivity index (χ2v) is 6.52. The van der Waals surface area contributed by atoms with Crippen molar-refractivity contribution < 1.29 is 19.0 Å². The van der Waals surface area contributed by atoms with Gasteiger partial charge in [-0.1, -0.05) is 27.7 Å². The number of hydrogen-bond acceptors (Lipinski definition) is 4. The Kier molecular flexibility index (Phi) is 11.9. The Morgan fingerprint density at radius 1 is 0.810 bits per heavy atom. The van der Waals surface area contributed by atoms with E-state index in [0.717, 1.165) is 13.0 Å². The first-order valence-electron chi connectivity index (χ1n) is 8.15. The van der Waals surface area contributed by atoms with Crippen LogP contribution in [0.15, 0.2) is 0 Å². The Hall–Kier alpha value is -0.450. The van der Waals surface area contributed by atoms with Gasteiger partial charge < -0.3 is 14.2 Å². The molecule has 4 nitrogen and oxygen atoms in total. The van der Waals surface area contributed by atoms with Gasteiger partial charge in [0.15, 0.2) is 5.78 Å². The summed E-state index contributed by atoms with van der Waals surface area (Å²) in [6, 6.07) is 0. The first-order chi connectivity index (χ1) is 9.82. The molecule has 0 rings (SSSR count). The van der Waals surface area contributed by atoms with Gasteiger partial charge in [-0.2, -0.15) is 0 Å². The summed E-state index contributed by atoms with van der Waals surface area (Å²) in [6.07, 6.45) is 1.76. The van der Waals surface area contributed by atoms with Gasteiger partial charge in [0, 0.05) is 13.0 Å². The fraction of sp³-hybridized carbons (Fsp3) is 0.941. The van der Waals surface area contributed by atoms with Crippen LogP contribution < -0.4 is 0 Å². The zero-order chi connectivity index (χ0) is 16.3. The van der Waals surface area contributed by atoms with Crippen molar-refractivity contribution in [2.24, 2.45) is 11.8 Å². The summed E-state index contributed by atoms with van der Waals surface area (Å²) >= 11 is 0. The zero-order valence-electron chi connectivity index (χ0n) is 14.7. The van der Waals surface area contributed by atoms with E-state index < -0.39 is 0 Å². The van der Waals surface area contributed by atoms with Crippen LogP contribution in [0.2, 0.25) is 0 Å². The highest BCUT2D eigenvalue weighted by atomic mass is 16.6. The van der Waals surface area contributed by atoms with E-state index in [1.54, 1.807) is 0 Å². The standard InChI is InChI=1S/C17H34O4/c1-13(2)7-8-20-15(5)16(6)21-10-9-19-12-17(18)11-14(3)4/h13-16H,7-12H2,1-6H3/t15-,16-/m0/s1. The predicted molar refractivity (Wildman–Crippen MR) is 85.6 cm³/mol. The normalized spacial score (nSPS) is 14.7. The molecule has 0 aliphatic rings. The van der Waals surface area contributed by atoms with E-state index >= 15 is 0 Å². The number of ketones is 1. The van der Waals surface area contributed by atoms with E-state index in [2.05, 4.69) is 13.8 Å². The third-order valence-corrected chi connectivity index (χ3v) is 3.24. The monoisotopic (exact) mass is 302 g/mol. The van der Waals surface area contributed by atoms with Gasteiger partial charge in [0.25, 0.3) is 0 Å². The summed E-state index contributed by atoms with van der Waals surface area (Å²) in [6.45, 7) is 14.4. The number of carbonyl (C=O) groups excluding carboxylic acids is 1. The van der Waals surface area contributed by atoms with E-state index in [1.165, 1.54) is 0 Å². The van der Waals surface area contributed by atoms with E-state index in [1.807, 2.05) is 27.7 Å². The molecule has 126 valence electrons. The number of rotatable bonds is 13. The van der Waals surface area contributed by atoms with E-state index in [-0.39, 0.29) is 24.6 Å². The van der Waals surface area contributed by atoms with Crippen molar-refractivity contribution in [2.45, 2.75) is 66.6 Å². The summed E-state index contributed by atoms with van der Waals surface area (Å²) in [5.74, 6) is 1.20. The van der Waals surface area contributed by atoms with Crippen LogP contribution in [0.5, 0.6) is 0 Å². The Labute approximate surface area is 130 Å². The minimum Gasteiger partial charge on any atom is -0.376 e. The zero-order valence-corrected chi connectivity index (χ0v) is 14.7. The fourth-order valence-corrected chi connectivity index (χ4v) is 1.75. The van der Waals surface area contributed by atoms with Gasteiger partial charge in [-0.25, -0.2) is 0 Å². The molecule has 0 aliphatic heterocycles. The minimum atomic E-state index is 0.0344. The number of hydrogen-bond donors (Lipinski definition) is 0. The Bertz CT molecular complexity index is 264. The van der Waals surface area contributed by atoms with Crippen molar-refractivity contribution in [2.75, 3.05) is 26.4 Å². The summed E-state index contributed by atoms with van der Waals surface area (Å²) in [4.78, 5) is 11.4. The molecule has 0 saturated carbocycles. The van der Waals surface area contributed by atoms with Gasteiger partial charge in [-0.05, 0) is 32.1 Å².